The first-order valence-corrected chi connectivity index (χ1v) is 6.95. The number of hydrogen-bond acceptors (Lipinski definition) is 4. The summed E-state index contributed by atoms with van der Waals surface area (Å²) in [5.41, 5.74) is -0.0415. The van der Waals surface area contributed by atoms with E-state index >= 15 is 0 Å². The minimum Gasteiger partial charge on any atom is -0.393 e. The maximum atomic E-state index is 12.0. The number of hydrogen-bond donors (Lipinski definition) is 2. The normalized spacial score (nSPS) is 14.2. The van der Waals surface area contributed by atoms with Gasteiger partial charge >= 0.3 is 0 Å². The number of carbonyl (C=O) groups excluding carboxylic acids is 1. The quantitative estimate of drug-likeness (QED) is 0.870. The molecule has 114 valence electrons. The third kappa shape index (κ3) is 4.96. The van der Waals surface area contributed by atoms with Crippen molar-refractivity contribution in [3.63, 3.8) is 0 Å². The van der Waals surface area contributed by atoms with Crippen LogP contribution < -0.4 is 5.32 Å². The first-order chi connectivity index (χ1) is 9.01. The zero-order valence-corrected chi connectivity index (χ0v) is 13.3. The highest BCUT2D eigenvalue weighted by Crippen LogP contribution is 2.23. The Labute approximate surface area is 120 Å². The van der Waals surface area contributed by atoms with Crippen molar-refractivity contribution >= 4 is 5.91 Å². The molecule has 0 aliphatic carbocycles. The predicted molar refractivity (Wildman–Crippen MR) is 77.6 cm³/mol. The second-order valence-electron chi connectivity index (χ2n) is 7.23. The fraction of sp³-hybridized carbons (Fsp3) is 0.733. The zero-order valence-electron chi connectivity index (χ0n) is 13.3. The van der Waals surface area contributed by atoms with Crippen LogP contribution in [0.15, 0.2) is 10.6 Å². The predicted octanol–water partition coefficient (Wildman–Crippen LogP) is 2.50. The van der Waals surface area contributed by atoms with E-state index in [-0.39, 0.29) is 22.8 Å². The zero-order chi connectivity index (χ0) is 15.6. The standard InChI is InChI=1S/C15H26N2O3/c1-10(18)8-15(5,6)9-16-13(19)11-7-12(20-17-11)14(2,3)4/h7,10,18H,8-9H2,1-6H3,(H,16,19). The summed E-state index contributed by atoms with van der Waals surface area (Å²) in [4.78, 5) is 12.0. The molecule has 1 aromatic heterocycles. The highest BCUT2D eigenvalue weighted by molar-refractivity contribution is 5.92. The van der Waals surface area contributed by atoms with Gasteiger partial charge in [0.15, 0.2) is 5.69 Å². The van der Waals surface area contributed by atoms with Crippen molar-refractivity contribution in [3.8, 4) is 0 Å². The molecule has 2 N–H and O–H groups in total. The lowest BCUT2D eigenvalue weighted by Crippen LogP contribution is -2.35. The van der Waals surface area contributed by atoms with Crippen LogP contribution >= 0.6 is 0 Å². The molecule has 0 radical (unpaired) electrons. The number of amides is 1. The Morgan fingerprint density at radius 3 is 2.45 bits per heavy atom. The molecule has 0 fully saturated rings. The third-order valence-corrected chi connectivity index (χ3v) is 3.06. The van der Waals surface area contributed by atoms with Crippen molar-refractivity contribution < 1.29 is 14.4 Å². The molecule has 0 saturated carbocycles. The van der Waals surface area contributed by atoms with E-state index < -0.39 is 0 Å². The molecule has 1 atom stereocenters. The number of aliphatic hydroxyl groups excluding tert-OH is 1. The smallest absolute Gasteiger partial charge is 0.273 e. The lowest BCUT2D eigenvalue weighted by molar-refractivity contribution is 0.0893. The second kappa shape index (κ2) is 5.95. The SMILES string of the molecule is CC(O)CC(C)(C)CNC(=O)c1cc(C(C)(C)C)on1. The summed E-state index contributed by atoms with van der Waals surface area (Å²) < 4.78 is 5.20. The molecule has 0 aliphatic heterocycles. The topological polar surface area (TPSA) is 75.4 Å². The van der Waals surface area contributed by atoms with E-state index in [9.17, 15) is 9.90 Å². The Morgan fingerprint density at radius 2 is 2.00 bits per heavy atom. The molecule has 0 aromatic carbocycles. The van der Waals surface area contributed by atoms with Gasteiger partial charge in [-0.25, -0.2) is 0 Å². The Kier molecular flexibility index (Phi) is 4.97. The van der Waals surface area contributed by atoms with Crippen LogP contribution in [0.2, 0.25) is 0 Å². The molecule has 5 nitrogen and oxygen atoms in total. The molecule has 0 aliphatic rings. The van der Waals surface area contributed by atoms with Gasteiger partial charge in [0, 0.05) is 18.0 Å². The largest absolute Gasteiger partial charge is 0.393 e. The average Bonchev–Trinajstić information content (AvgIpc) is 2.72. The van der Waals surface area contributed by atoms with E-state index in [1.54, 1.807) is 13.0 Å². The van der Waals surface area contributed by atoms with Crippen LogP contribution in [0.4, 0.5) is 0 Å². The Bertz CT molecular complexity index is 456. The summed E-state index contributed by atoms with van der Waals surface area (Å²) in [7, 11) is 0. The molecule has 0 saturated heterocycles. The lowest BCUT2D eigenvalue weighted by Gasteiger charge is -2.26. The fourth-order valence-corrected chi connectivity index (χ4v) is 2.02. The molecule has 1 rings (SSSR count). The van der Waals surface area contributed by atoms with Gasteiger partial charge in [-0.2, -0.15) is 0 Å². The molecule has 20 heavy (non-hydrogen) atoms. The monoisotopic (exact) mass is 282 g/mol. The molecule has 1 amide bonds. The molecule has 5 heteroatoms. The van der Waals surface area contributed by atoms with Crippen LogP contribution in [0.1, 0.15) is 64.2 Å². The van der Waals surface area contributed by atoms with E-state index in [4.69, 9.17) is 4.52 Å². The molecule has 0 bridgehead atoms. The van der Waals surface area contributed by atoms with Crippen molar-refractivity contribution in [1.29, 1.82) is 0 Å². The maximum Gasteiger partial charge on any atom is 0.273 e. The molecule has 1 unspecified atom stereocenters. The van der Waals surface area contributed by atoms with Crippen molar-refractivity contribution in [2.24, 2.45) is 5.41 Å². The van der Waals surface area contributed by atoms with Crippen LogP contribution in [-0.2, 0) is 5.41 Å². The summed E-state index contributed by atoms with van der Waals surface area (Å²) in [6.45, 7) is 12.2. The lowest BCUT2D eigenvalue weighted by atomic mass is 9.87. The molecular formula is C15H26N2O3. The van der Waals surface area contributed by atoms with Gasteiger partial charge in [0.2, 0.25) is 0 Å². The number of nitrogens with zero attached hydrogens (tertiary/aromatic N) is 1. The highest BCUT2D eigenvalue weighted by Gasteiger charge is 2.24. The van der Waals surface area contributed by atoms with Gasteiger partial charge < -0.3 is 14.9 Å². The second-order valence-corrected chi connectivity index (χ2v) is 7.23. The Hall–Kier alpha value is -1.36. The van der Waals surface area contributed by atoms with Gasteiger partial charge in [0.05, 0.1) is 6.10 Å². The number of nitrogens with one attached hydrogen (secondary N) is 1. The highest BCUT2D eigenvalue weighted by atomic mass is 16.5. The van der Waals surface area contributed by atoms with Gasteiger partial charge in [-0.15, -0.1) is 0 Å². The van der Waals surface area contributed by atoms with Gasteiger partial charge in [0.25, 0.3) is 5.91 Å². The number of aromatic nitrogens is 1. The van der Waals surface area contributed by atoms with Crippen LogP contribution in [0, 0.1) is 5.41 Å². The van der Waals surface area contributed by atoms with Crippen molar-refractivity contribution in [3.05, 3.63) is 17.5 Å². The number of carbonyl (C=O) groups is 1. The van der Waals surface area contributed by atoms with Gasteiger partial charge in [-0.1, -0.05) is 39.8 Å². The summed E-state index contributed by atoms with van der Waals surface area (Å²) in [6.07, 6.45) is 0.237. The fourth-order valence-electron chi connectivity index (χ4n) is 2.02. The van der Waals surface area contributed by atoms with Crippen LogP contribution in [0.5, 0.6) is 0 Å². The van der Waals surface area contributed by atoms with E-state index in [1.807, 2.05) is 34.6 Å². The summed E-state index contributed by atoms with van der Waals surface area (Å²) in [5, 5.41) is 16.1. The van der Waals surface area contributed by atoms with Gasteiger partial charge in [-0.3, -0.25) is 4.79 Å². The van der Waals surface area contributed by atoms with Gasteiger partial charge in [-0.05, 0) is 18.8 Å². The minimum atomic E-state index is -0.388. The van der Waals surface area contributed by atoms with E-state index in [2.05, 4.69) is 10.5 Å². The third-order valence-electron chi connectivity index (χ3n) is 3.06. The van der Waals surface area contributed by atoms with Crippen molar-refractivity contribution in [2.45, 2.75) is 59.5 Å². The number of aliphatic hydroxyl groups is 1. The average molecular weight is 282 g/mol. The molecule has 1 aromatic rings. The van der Waals surface area contributed by atoms with Crippen molar-refractivity contribution in [1.82, 2.24) is 10.5 Å². The first-order valence-electron chi connectivity index (χ1n) is 6.95. The summed E-state index contributed by atoms with van der Waals surface area (Å²) in [5.74, 6) is 0.439. The minimum absolute atomic E-state index is 0.166. The Balaban J connectivity index is 2.62. The van der Waals surface area contributed by atoms with E-state index in [1.165, 1.54) is 0 Å². The number of rotatable bonds is 5. The summed E-state index contributed by atoms with van der Waals surface area (Å²) >= 11 is 0. The maximum absolute atomic E-state index is 12.0. The summed E-state index contributed by atoms with van der Waals surface area (Å²) in [6, 6.07) is 1.68. The molecule has 0 spiro atoms. The molecular weight excluding hydrogens is 256 g/mol. The van der Waals surface area contributed by atoms with Crippen LogP contribution in [-0.4, -0.2) is 28.8 Å². The van der Waals surface area contributed by atoms with E-state index in [0.717, 1.165) is 0 Å². The Morgan fingerprint density at radius 1 is 1.40 bits per heavy atom. The first kappa shape index (κ1) is 16.7. The van der Waals surface area contributed by atoms with Crippen molar-refractivity contribution in [2.75, 3.05) is 6.54 Å². The van der Waals surface area contributed by atoms with Crippen LogP contribution in [0.25, 0.3) is 0 Å². The van der Waals surface area contributed by atoms with Gasteiger partial charge in [0.1, 0.15) is 5.76 Å². The van der Waals surface area contributed by atoms with E-state index in [0.29, 0.717) is 24.4 Å². The van der Waals surface area contributed by atoms with Crippen LogP contribution in [0.3, 0.4) is 0 Å². The molecule has 1 heterocycles.